The molecule has 0 aliphatic carbocycles. The molecule has 1 heterocycles. The van der Waals surface area contributed by atoms with Gasteiger partial charge < -0.3 is 10.6 Å². The van der Waals surface area contributed by atoms with Gasteiger partial charge in [0, 0.05) is 11.9 Å². The zero-order chi connectivity index (χ0) is 10.7. The number of carbonyl (C=O) groups is 1. The molecule has 0 saturated heterocycles. The third-order valence-corrected chi connectivity index (χ3v) is 2.81. The van der Waals surface area contributed by atoms with Gasteiger partial charge in [-0.2, -0.15) is 0 Å². The van der Waals surface area contributed by atoms with Gasteiger partial charge in [-0.15, -0.1) is 11.3 Å². The molecule has 0 aliphatic rings. The molecule has 0 radical (unpaired) electrons. The van der Waals surface area contributed by atoms with Crippen molar-refractivity contribution in [2.75, 3.05) is 13.6 Å². The molecular weight excluding hydrogens is 216 g/mol. The summed E-state index contributed by atoms with van der Waals surface area (Å²) in [6.45, 7) is 2.29. The molecule has 2 N–H and O–H groups in total. The molecule has 0 aliphatic heterocycles. The van der Waals surface area contributed by atoms with Gasteiger partial charge in [0.05, 0.1) is 16.4 Å². The van der Waals surface area contributed by atoms with Crippen molar-refractivity contribution in [3.63, 3.8) is 0 Å². The Morgan fingerprint density at radius 1 is 1.64 bits per heavy atom. The third kappa shape index (κ3) is 2.78. The quantitative estimate of drug-likeness (QED) is 0.796. The lowest BCUT2D eigenvalue weighted by Crippen LogP contribution is -2.33. The van der Waals surface area contributed by atoms with E-state index < -0.39 is 0 Å². The number of amides is 1. The molecule has 0 spiro atoms. The molecule has 14 heavy (non-hydrogen) atoms. The fourth-order valence-corrected chi connectivity index (χ4v) is 2.10. The first-order valence-corrected chi connectivity index (χ1v) is 5.33. The van der Waals surface area contributed by atoms with E-state index in [9.17, 15) is 4.79 Å². The highest BCUT2D eigenvalue weighted by Gasteiger charge is 2.13. The summed E-state index contributed by atoms with van der Waals surface area (Å²) in [6.07, 6.45) is 0. The van der Waals surface area contributed by atoms with Crippen molar-refractivity contribution in [2.45, 2.75) is 6.92 Å². The van der Waals surface area contributed by atoms with E-state index in [2.05, 4.69) is 0 Å². The minimum absolute atomic E-state index is 0.0316. The van der Waals surface area contributed by atoms with Crippen molar-refractivity contribution in [2.24, 2.45) is 5.73 Å². The number of likely N-dealkylation sites (N-methyl/N-ethyl adjacent to an activating group) is 1. The molecule has 0 fully saturated rings. The van der Waals surface area contributed by atoms with Crippen LogP contribution in [-0.2, 0) is 0 Å². The summed E-state index contributed by atoms with van der Waals surface area (Å²) in [5.74, 6) is -0.0316. The molecule has 5 heteroatoms. The first-order chi connectivity index (χ1) is 6.50. The number of hydrogen-bond acceptors (Lipinski definition) is 3. The van der Waals surface area contributed by atoms with Crippen LogP contribution in [0.1, 0.15) is 14.5 Å². The molecule has 1 aromatic heterocycles. The maximum Gasteiger partial charge on any atom is 0.264 e. The zero-order valence-corrected chi connectivity index (χ0v) is 9.74. The van der Waals surface area contributed by atoms with Gasteiger partial charge in [0.15, 0.2) is 0 Å². The van der Waals surface area contributed by atoms with Crippen molar-refractivity contribution in [3.8, 4) is 0 Å². The van der Waals surface area contributed by atoms with Gasteiger partial charge >= 0.3 is 0 Å². The van der Waals surface area contributed by atoms with Gasteiger partial charge in [0.25, 0.3) is 5.91 Å². The number of nitrogens with zero attached hydrogens (tertiary/aromatic N) is 1. The SMILES string of the molecule is Cc1ccc(C(=O)N(C)CC(N)=S)s1. The summed E-state index contributed by atoms with van der Waals surface area (Å²) in [5, 5.41) is 0. The van der Waals surface area contributed by atoms with E-state index in [0.29, 0.717) is 11.5 Å². The Bertz CT molecular complexity index is 359. The maximum absolute atomic E-state index is 11.7. The number of rotatable bonds is 3. The highest BCUT2D eigenvalue weighted by atomic mass is 32.1. The highest BCUT2D eigenvalue weighted by Crippen LogP contribution is 2.16. The van der Waals surface area contributed by atoms with Crippen LogP contribution < -0.4 is 5.73 Å². The van der Waals surface area contributed by atoms with Crippen LogP contribution in [-0.4, -0.2) is 29.4 Å². The Labute approximate surface area is 92.5 Å². The van der Waals surface area contributed by atoms with E-state index in [0.717, 1.165) is 9.75 Å². The lowest BCUT2D eigenvalue weighted by molar-refractivity contribution is 0.0820. The first kappa shape index (κ1) is 11.1. The number of thiocarbonyl (C=S) groups is 1. The average molecular weight is 228 g/mol. The van der Waals surface area contributed by atoms with Crippen molar-refractivity contribution >= 4 is 34.5 Å². The zero-order valence-electron chi connectivity index (χ0n) is 8.11. The number of nitrogens with two attached hydrogens (primary N) is 1. The van der Waals surface area contributed by atoms with Crippen molar-refractivity contribution < 1.29 is 4.79 Å². The lowest BCUT2D eigenvalue weighted by Gasteiger charge is -2.14. The Balaban J connectivity index is 2.70. The molecule has 0 saturated carbocycles. The summed E-state index contributed by atoms with van der Waals surface area (Å²) in [6, 6.07) is 3.74. The van der Waals surface area contributed by atoms with Crippen LogP contribution in [0.3, 0.4) is 0 Å². The van der Waals surface area contributed by atoms with E-state index in [-0.39, 0.29) is 5.91 Å². The van der Waals surface area contributed by atoms with Crippen LogP contribution >= 0.6 is 23.6 Å². The van der Waals surface area contributed by atoms with E-state index in [4.69, 9.17) is 18.0 Å². The van der Waals surface area contributed by atoms with E-state index >= 15 is 0 Å². The summed E-state index contributed by atoms with van der Waals surface area (Å²) in [5.41, 5.74) is 5.36. The second kappa shape index (κ2) is 4.52. The minimum Gasteiger partial charge on any atom is -0.392 e. The predicted molar refractivity (Wildman–Crippen MR) is 62.8 cm³/mol. The summed E-state index contributed by atoms with van der Waals surface area (Å²) in [4.78, 5) is 15.4. The van der Waals surface area contributed by atoms with Crippen molar-refractivity contribution in [1.29, 1.82) is 0 Å². The van der Waals surface area contributed by atoms with Crippen LogP contribution in [0, 0.1) is 6.92 Å². The number of hydrogen-bond donors (Lipinski definition) is 1. The van der Waals surface area contributed by atoms with Gasteiger partial charge in [-0.25, -0.2) is 0 Å². The van der Waals surface area contributed by atoms with Gasteiger partial charge in [-0.05, 0) is 19.1 Å². The lowest BCUT2D eigenvalue weighted by atomic mass is 10.4. The molecule has 0 unspecified atom stereocenters. The second-order valence-corrected chi connectivity index (χ2v) is 4.85. The molecular formula is C9H12N2OS2. The Hall–Kier alpha value is -0.940. The molecule has 0 aromatic carbocycles. The van der Waals surface area contributed by atoms with Crippen LogP contribution in [0.25, 0.3) is 0 Å². The normalized spacial score (nSPS) is 9.86. The third-order valence-electron chi connectivity index (χ3n) is 1.69. The Morgan fingerprint density at radius 2 is 2.29 bits per heavy atom. The van der Waals surface area contributed by atoms with Crippen LogP contribution in [0.15, 0.2) is 12.1 Å². The predicted octanol–water partition coefficient (Wildman–Crippen LogP) is 1.41. The summed E-state index contributed by atoms with van der Waals surface area (Å²) in [7, 11) is 1.69. The topological polar surface area (TPSA) is 46.3 Å². The number of aryl methyl sites for hydroxylation is 1. The number of carbonyl (C=O) groups excluding carboxylic acids is 1. The first-order valence-electron chi connectivity index (χ1n) is 4.11. The molecule has 1 amide bonds. The number of thiophene rings is 1. The van der Waals surface area contributed by atoms with Crippen LogP contribution in [0.5, 0.6) is 0 Å². The largest absolute Gasteiger partial charge is 0.392 e. The average Bonchev–Trinajstić information content (AvgIpc) is 2.49. The minimum atomic E-state index is -0.0316. The van der Waals surface area contributed by atoms with Gasteiger partial charge in [-0.1, -0.05) is 12.2 Å². The second-order valence-electron chi connectivity index (χ2n) is 3.04. The van der Waals surface area contributed by atoms with Crippen molar-refractivity contribution in [3.05, 3.63) is 21.9 Å². The Morgan fingerprint density at radius 3 is 2.71 bits per heavy atom. The summed E-state index contributed by atoms with van der Waals surface area (Å²) >= 11 is 6.21. The molecule has 1 aromatic rings. The van der Waals surface area contributed by atoms with Gasteiger partial charge in [-0.3, -0.25) is 4.79 Å². The van der Waals surface area contributed by atoms with Gasteiger partial charge in [0.2, 0.25) is 0 Å². The summed E-state index contributed by atoms with van der Waals surface area (Å²) < 4.78 is 0. The van der Waals surface area contributed by atoms with Crippen LogP contribution in [0.2, 0.25) is 0 Å². The molecule has 0 atom stereocenters. The fourth-order valence-electron chi connectivity index (χ4n) is 1.04. The Kier molecular flexibility index (Phi) is 3.60. The van der Waals surface area contributed by atoms with Crippen molar-refractivity contribution in [1.82, 2.24) is 4.90 Å². The van der Waals surface area contributed by atoms with Crippen LogP contribution in [0.4, 0.5) is 0 Å². The molecule has 1 rings (SSSR count). The van der Waals surface area contributed by atoms with E-state index in [1.165, 1.54) is 16.2 Å². The van der Waals surface area contributed by atoms with E-state index in [1.807, 2.05) is 19.1 Å². The highest BCUT2D eigenvalue weighted by molar-refractivity contribution is 7.80. The standard InChI is InChI=1S/C9H12N2OS2/c1-6-3-4-7(14-6)9(12)11(2)5-8(10)13/h3-4H,5H2,1-2H3,(H2,10,13). The fraction of sp³-hybridized carbons (Fsp3) is 0.333. The molecule has 3 nitrogen and oxygen atoms in total. The monoisotopic (exact) mass is 228 g/mol. The molecule has 76 valence electrons. The molecule has 0 bridgehead atoms. The maximum atomic E-state index is 11.7. The van der Waals surface area contributed by atoms with E-state index in [1.54, 1.807) is 7.05 Å². The smallest absolute Gasteiger partial charge is 0.264 e. The van der Waals surface area contributed by atoms with Gasteiger partial charge in [0.1, 0.15) is 0 Å².